The van der Waals surface area contributed by atoms with Gasteiger partial charge in [-0.3, -0.25) is 0 Å². The van der Waals surface area contributed by atoms with Gasteiger partial charge in [-0.2, -0.15) is 0 Å². The fourth-order valence-electron chi connectivity index (χ4n) is 3.24. The minimum atomic E-state index is 0.490. The first-order valence-corrected chi connectivity index (χ1v) is 7.84. The Balaban J connectivity index is 1.37. The number of aryl methyl sites for hydroxylation is 1. The summed E-state index contributed by atoms with van der Waals surface area (Å²) in [4.78, 5) is 9.88. The number of aromatic amines is 1. The maximum Gasteiger partial charge on any atom is 0.0945 e. The third-order valence-electron chi connectivity index (χ3n) is 4.40. The van der Waals surface area contributed by atoms with Crippen molar-refractivity contribution in [2.75, 3.05) is 13.1 Å². The van der Waals surface area contributed by atoms with Crippen molar-refractivity contribution in [2.45, 2.75) is 18.9 Å². The Morgan fingerprint density at radius 3 is 3.09 bits per heavy atom. The molecule has 4 heteroatoms. The van der Waals surface area contributed by atoms with E-state index in [2.05, 4.69) is 62.2 Å². The topological polar surface area (TPSA) is 36.9 Å². The van der Waals surface area contributed by atoms with Crippen LogP contribution < -0.4 is 0 Å². The van der Waals surface area contributed by atoms with Crippen molar-refractivity contribution < 1.29 is 0 Å². The molecule has 3 heterocycles. The van der Waals surface area contributed by atoms with Crippen molar-refractivity contribution in [1.29, 1.82) is 0 Å². The van der Waals surface area contributed by atoms with Crippen LogP contribution in [0.25, 0.3) is 10.9 Å². The molecule has 0 bridgehead atoms. The third kappa shape index (κ3) is 2.52. The number of hydrogen-bond acceptors (Lipinski definition) is 2. The van der Waals surface area contributed by atoms with Gasteiger partial charge in [0.1, 0.15) is 0 Å². The van der Waals surface area contributed by atoms with Crippen LogP contribution in [-0.4, -0.2) is 32.5 Å². The summed E-state index contributed by atoms with van der Waals surface area (Å²) in [5, 5.41) is 1.34. The number of H-pyrrole nitrogens is 1. The molecule has 0 fully saturated rings. The van der Waals surface area contributed by atoms with Crippen molar-refractivity contribution in [1.82, 2.24) is 19.4 Å². The quantitative estimate of drug-likeness (QED) is 0.783. The van der Waals surface area contributed by atoms with Gasteiger partial charge in [0, 0.05) is 55.0 Å². The summed E-state index contributed by atoms with van der Waals surface area (Å²) in [6.45, 7) is 3.20. The second-order valence-corrected chi connectivity index (χ2v) is 5.89. The summed E-state index contributed by atoms with van der Waals surface area (Å²) in [5.74, 6) is 0.490. The van der Waals surface area contributed by atoms with Crippen molar-refractivity contribution >= 4 is 10.9 Å². The average molecular weight is 292 g/mol. The van der Waals surface area contributed by atoms with Crippen molar-refractivity contribution in [3.8, 4) is 0 Å². The molecule has 1 aromatic carbocycles. The predicted molar refractivity (Wildman–Crippen MR) is 88.6 cm³/mol. The SMILES string of the molecule is C1=CN(CCCn2ccnc2)CC1c1c[nH]c2ccccc12. The minimum absolute atomic E-state index is 0.490. The Hall–Kier alpha value is -2.49. The number of benzene rings is 1. The summed E-state index contributed by atoms with van der Waals surface area (Å²) < 4.78 is 2.14. The molecule has 4 rings (SSSR count). The smallest absolute Gasteiger partial charge is 0.0945 e. The van der Waals surface area contributed by atoms with Crippen LogP contribution in [0.15, 0.2) is 61.5 Å². The first kappa shape index (κ1) is 13.2. The first-order chi connectivity index (χ1) is 10.9. The molecular formula is C18H20N4. The van der Waals surface area contributed by atoms with Crippen LogP contribution in [0.4, 0.5) is 0 Å². The molecule has 0 aliphatic carbocycles. The second-order valence-electron chi connectivity index (χ2n) is 5.89. The highest BCUT2D eigenvalue weighted by atomic mass is 15.1. The molecule has 1 N–H and O–H groups in total. The lowest BCUT2D eigenvalue weighted by Gasteiger charge is -2.18. The van der Waals surface area contributed by atoms with E-state index in [0.29, 0.717) is 5.92 Å². The van der Waals surface area contributed by atoms with Crippen LogP contribution in [0.5, 0.6) is 0 Å². The molecule has 1 aliphatic heterocycles. The fourth-order valence-corrected chi connectivity index (χ4v) is 3.24. The number of nitrogens with one attached hydrogen (secondary N) is 1. The number of fused-ring (bicyclic) bond motifs is 1. The van der Waals surface area contributed by atoms with Gasteiger partial charge in [-0.15, -0.1) is 0 Å². The second kappa shape index (κ2) is 5.72. The van der Waals surface area contributed by atoms with Gasteiger partial charge in [-0.25, -0.2) is 4.98 Å². The maximum atomic E-state index is 4.08. The monoisotopic (exact) mass is 292 g/mol. The van der Waals surface area contributed by atoms with E-state index in [1.807, 2.05) is 18.7 Å². The molecule has 112 valence electrons. The zero-order valence-electron chi connectivity index (χ0n) is 12.5. The van der Waals surface area contributed by atoms with Crippen LogP contribution in [0.2, 0.25) is 0 Å². The standard InChI is InChI=1S/C18H20N4/c1-2-5-18-16(4-1)17(12-20-18)15-6-10-21(13-15)8-3-9-22-11-7-19-14-22/h1-2,4-7,10-12,14-15,20H,3,8-9,13H2. The van der Waals surface area contributed by atoms with Crippen LogP contribution in [0.1, 0.15) is 17.9 Å². The van der Waals surface area contributed by atoms with E-state index in [1.165, 1.54) is 16.5 Å². The highest BCUT2D eigenvalue weighted by Gasteiger charge is 2.20. The van der Waals surface area contributed by atoms with E-state index in [9.17, 15) is 0 Å². The average Bonchev–Trinajstić information content (AvgIpc) is 3.27. The molecule has 0 saturated heterocycles. The maximum absolute atomic E-state index is 4.08. The Labute approximate surface area is 130 Å². The van der Waals surface area contributed by atoms with Gasteiger partial charge in [0.2, 0.25) is 0 Å². The van der Waals surface area contributed by atoms with Crippen molar-refractivity contribution in [3.05, 3.63) is 67.0 Å². The lowest BCUT2D eigenvalue weighted by molar-refractivity contribution is 0.374. The molecule has 0 radical (unpaired) electrons. The van der Waals surface area contributed by atoms with Gasteiger partial charge < -0.3 is 14.5 Å². The number of imidazole rings is 1. The molecule has 1 atom stereocenters. The van der Waals surface area contributed by atoms with Gasteiger partial charge in [-0.1, -0.05) is 24.3 Å². The highest BCUT2D eigenvalue weighted by molar-refractivity contribution is 5.84. The molecule has 1 unspecified atom stereocenters. The molecular weight excluding hydrogens is 272 g/mol. The number of rotatable bonds is 5. The highest BCUT2D eigenvalue weighted by Crippen LogP contribution is 2.30. The summed E-state index contributed by atoms with van der Waals surface area (Å²) in [6.07, 6.45) is 13.6. The third-order valence-corrected chi connectivity index (χ3v) is 4.40. The van der Waals surface area contributed by atoms with Gasteiger partial charge in [0.25, 0.3) is 0 Å². The lowest BCUT2D eigenvalue weighted by atomic mass is 10.00. The van der Waals surface area contributed by atoms with Crippen LogP contribution in [-0.2, 0) is 6.54 Å². The van der Waals surface area contributed by atoms with E-state index in [1.54, 1.807) is 0 Å². The first-order valence-electron chi connectivity index (χ1n) is 7.84. The summed E-state index contributed by atoms with van der Waals surface area (Å²) >= 11 is 0. The van der Waals surface area contributed by atoms with Crippen LogP contribution >= 0.6 is 0 Å². The summed E-state index contributed by atoms with van der Waals surface area (Å²) in [7, 11) is 0. The Morgan fingerprint density at radius 1 is 1.23 bits per heavy atom. The van der Waals surface area contributed by atoms with E-state index in [-0.39, 0.29) is 0 Å². The number of aromatic nitrogens is 3. The normalized spacial score (nSPS) is 17.6. The van der Waals surface area contributed by atoms with Gasteiger partial charge in [0.15, 0.2) is 0 Å². The van der Waals surface area contributed by atoms with E-state index < -0.39 is 0 Å². The molecule has 1 aliphatic rings. The number of para-hydroxylation sites is 1. The van der Waals surface area contributed by atoms with Crippen LogP contribution in [0, 0.1) is 0 Å². The zero-order chi connectivity index (χ0) is 14.8. The van der Waals surface area contributed by atoms with Gasteiger partial charge in [-0.05, 0) is 24.3 Å². The number of nitrogens with zero attached hydrogens (tertiary/aromatic N) is 3. The van der Waals surface area contributed by atoms with Gasteiger partial charge >= 0.3 is 0 Å². The molecule has 0 amide bonds. The fraction of sp³-hybridized carbons (Fsp3) is 0.278. The molecule has 2 aromatic heterocycles. The van der Waals surface area contributed by atoms with Crippen molar-refractivity contribution in [2.24, 2.45) is 0 Å². The predicted octanol–water partition coefficient (Wildman–Crippen LogP) is 3.37. The Kier molecular flexibility index (Phi) is 3.43. The van der Waals surface area contributed by atoms with E-state index >= 15 is 0 Å². The number of hydrogen-bond donors (Lipinski definition) is 1. The molecule has 22 heavy (non-hydrogen) atoms. The Bertz CT molecular complexity index is 769. The lowest BCUT2D eigenvalue weighted by Crippen LogP contribution is -2.19. The Morgan fingerprint density at radius 2 is 2.18 bits per heavy atom. The van der Waals surface area contributed by atoms with Crippen LogP contribution in [0.3, 0.4) is 0 Å². The summed E-state index contributed by atoms with van der Waals surface area (Å²) in [6, 6.07) is 8.54. The van der Waals surface area contributed by atoms with E-state index in [0.717, 1.165) is 26.1 Å². The zero-order valence-corrected chi connectivity index (χ0v) is 12.5. The molecule has 0 saturated carbocycles. The largest absolute Gasteiger partial charge is 0.377 e. The summed E-state index contributed by atoms with van der Waals surface area (Å²) in [5.41, 5.74) is 2.63. The molecule has 3 aromatic rings. The van der Waals surface area contributed by atoms with E-state index in [4.69, 9.17) is 0 Å². The molecule has 0 spiro atoms. The molecule has 4 nitrogen and oxygen atoms in total. The van der Waals surface area contributed by atoms with Crippen molar-refractivity contribution in [3.63, 3.8) is 0 Å². The minimum Gasteiger partial charge on any atom is -0.377 e. The van der Waals surface area contributed by atoms with Gasteiger partial charge in [0.05, 0.1) is 6.33 Å².